The van der Waals surface area contributed by atoms with Crippen LogP contribution in [0.4, 0.5) is 9.59 Å². The van der Waals surface area contributed by atoms with Crippen molar-refractivity contribution in [1.82, 2.24) is 16.0 Å². The van der Waals surface area contributed by atoms with Crippen LogP contribution in [-0.4, -0.2) is 37.4 Å². The molecule has 134 valence electrons. The molecule has 1 aromatic carbocycles. The average molecular weight is 335 g/mol. The summed E-state index contributed by atoms with van der Waals surface area (Å²) in [6, 6.07) is 10.1. The number of carbonyl (C=O) groups excluding carboxylic acids is 2. The molecule has 6 nitrogen and oxygen atoms in total. The van der Waals surface area contributed by atoms with Crippen molar-refractivity contribution in [2.75, 3.05) is 19.6 Å². The second kappa shape index (κ2) is 10.5. The molecule has 3 amide bonds. The van der Waals surface area contributed by atoms with Crippen LogP contribution in [0.15, 0.2) is 30.3 Å². The topological polar surface area (TPSA) is 79.5 Å². The van der Waals surface area contributed by atoms with Crippen molar-refractivity contribution >= 4 is 12.1 Å². The van der Waals surface area contributed by atoms with Crippen LogP contribution in [-0.2, 0) is 11.2 Å². The zero-order valence-electron chi connectivity index (χ0n) is 14.9. The lowest BCUT2D eigenvalue weighted by Gasteiger charge is -2.19. The van der Waals surface area contributed by atoms with E-state index in [-0.39, 0.29) is 6.03 Å². The molecule has 0 aromatic heterocycles. The maximum absolute atomic E-state index is 11.6. The highest BCUT2D eigenvalue weighted by atomic mass is 16.6. The summed E-state index contributed by atoms with van der Waals surface area (Å²) in [7, 11) is 0. The molecule has 0 aliphatic rings. The highest BCUT2D eigenvalue weighted by Gasteiger charge is 2.15. The van der Waals surface area contributed by atoms with Gasteiger partial charge in [0.25, 0.3) is 0 Å². The highest BCUT2D eigenvalue weighted by molar-refractivity contribution is 5.73. The van der Waals surface area contributed by atoms with Gasteiger partial charge in [0.2, 0.25) is 0 Å². The summed E-state index contributed by atoms with van der Waals surface area (Å²) in [6.45, 7) is 6.73. The molecule has 0 saturated carbocycles. The fraction of sp³-hybridized carbons (Fsp3) is 0.556. The third-order valence-electron chi connectivity index (χ3n) is 3.10. The molecular formula is C18H29N3O3. The van der Waals surface area contributed by atoms with Crippen molar-refractivity contribution in [2.24, 2.45) is 0 Å². The van der Waals surface area contributed by atoms with Gasteiger partial charge in [0, 0.05) is 19.6 Å². The average Bonchev–Trinajstić information content (AvgIpc) is 2.50. The number of rotatable bonds is 8. The number of alkyl carbamates (subject to hydrolysis) is 1. The van der Waals surface area contributed by atoms with Crippen molar-refractivity contribution in [3.8, 4) is 0 Å². The number of ether oxygens (including phenoxy) is 1. The normalized spacial score (nSPS) is 10.8. The van der Waals surface area contributed by atoms with Gasteiger partial charge in [-0.05, 0) is 45.6 Å². The lowest BCUT2D eigenvalue weighted by atomic mass is 10.1. The van der Waals surface area contributed by atoms with Crippen LogP contribution in [0.2, 0.25) is 0 Å². The number of urea groups is 1. The Morgan fingerprint density at radius 2 is 1.54 bits per heavy atom. The van der Waals surface area contributed by atoms with Crippen molar-refractivity contribution < 1.29 is 14.3 Å². The second-order valence-electron chi connectivity index (χ2n) is 6.55. The first kappa shape index (κ1) is 19.8. The Bertz CT molecular complexity index is 498. The Morgan fingerprint density at radius 3 is 2.21 bits per heavy atom. The van der Waals surface area contributed by atoms with E-state index in [2.05, 4.69) is 28.1 Å². The zero-order chi connectivity index (χ0) is 17.8. The molecule has 6 heteroatoms. The van der Waals surface area contributed by atoms with E-state index in [9.17, 15) is 9.59 Å². The predicted molar refractivity (Wildman–Crippen MR) is 95.0 cm³/mol. The van der Waals surface area contributed by atoms with Gasteiger partial charge in [0.1, 0.15) is 5.60 Å². The maximum Gasteiger partial charge on any atom is 0.407 e. The third kappa shape index (κ3) is 10.5. The SMILES string of the molecule is CC(C)(C)OC(=O)NCCNC(=O)NCCCCc1ccccc1. The number of nitrogens with one attached hydrogen (secondary N) is 3. The van der Waals surface area contributed by atoms with Gasteiger partial charge in [-0.3, -0.25) is 0 Å². The number of amides is 3. The summed E-state index contributed by atoms with van der Waals surface area (Å²) in [5.41, 5.74) is 0.796. The van der Waals surface area contributed by atoms with Crippen molar-refractivity contribution in [3.63, 3.8) is 0 Å². The van der Waals surface area contributed by atoms with E-state index in [1.165, 1.54) is 5.56 Å². The van der Waals surface area contributed by atoms with E-state index in [0.29, 0.717) is 19.6 Å². The Hall–Kier alpha value is -2.24. The maximum atomic E-state index is 11.6. The Balaban J connectivity index is 1.97. The first-order valence-corrected chi connectivity index (χ1v) is 8.39. The molecule has 1 aromatic rings. The number of unbranched alkanes of at least 4 members (excludes halogenated alkanes) is 1. The molecule has 3 N–H and O–H groups in total. The minimum absolute atomic E-state index is 0.222. The van der Waals surface area contributed by atoms with E-state index in [4.69, 9.17) is 4.74 Å². The molecule has 0 aliphatic carbocycles. The van der Waals surface area contributed by atoms with Crippen LogP contribution in [0, 0.1) is 0 Å². The zero-order valence-corrected chi connectivity index (χ0v) is 14.9. The molecule has 1 rings (SSSR count). The van der Waals surface area contributed by atoms with Crippen LogP contribution < -0.4 is 16.0 Å². The van der Waals surface area contributed by atoms with Gasteiger partial charge < -0.3 is 20.7 Å². The quantitative estimate of drug-likeness (QED) is 0.639. The largest absolute Gasteiger partial charge is 0.444 e. The third-order valence-corrected chi connectivity index (χ3v) is 3.10. The van der Waals surface area contributed by atoms with Crippen LogP contribution in [0.1, 0.15) is 39.2 Å². The molecule has 0 heterocycles. The van der Waals surface area contributed by atoms with E-state index < -0.39 is 11.7 Å². The standard InChI is InChI=1S/C18H29N3O3/c1-18(2,3)24-17(23)21-14-13-20-16(22)19-12-8-7-11-15-9-5-4-6-10-15/h4-6,9-10H,7-8,11-14H2,1-3H3,(H,21,23)(H2,19,20,22). The fourth-order valence-electron chi connectivity index (χ4n) is 2.02. The first-order valence-electron chi connectivity index (χ1n) is 8.39. The van der Waals surface area contributed by atoms with Crippen molar-refractivity contribution in [1.29, 1.82) is 0 Å². The summed E-state index contributed by atoms with van der Waals surface area (Å²) in [5.74, 6) is 0. The van der Waals surface area contributed by atoms with Crippen LogP contribution in [0.3, 0.4) is 0 Å². The lowest BCUT2D eigenvalue weighted by molar-refractivity contribution is 0.0528. The molecule has 24 heavy (non-hydrogen) atoms. The molecule has 0 unspecified atom stereocenters. The summed E-state index contributed by atoms with van der Waals surface area (Å²) in [6.07, 6.45) is 2.50. The summed E-state index contributed by atoms with van der Waals surface area (Å²) < 4.78 is 5.09. The smallest absolute Gasteiger partial charge is 0.407 e. The monoisotopic (exact) mass is 335 g/mol. The van der Waals surface area contributed by atoms with Crippen LogP contribution in [0.25, 0.3) is 0 Å². The Labute approximate surface area is 144 Å². The molecule has 0 aliphatic heterocycles. The van der Waals surface area contributed by atoms with Gasteiger partial charge in [-0.1, -0.05) is 30.3 Å². The minimum atomic E-state index is -0.519. The summed E-state index contributed by atoms with van der Waals surface area (Å²) >= 11 is 0. The van der Waals surface area contributed by atoms with E-state index in [0.717, 1.165) is 19.3 Å². The summed E-state index contributed by atoms with van der Waals surface area (Å²) in [5, 5.41) is 8.08. The fourth-order valence-corrected chi connectivity index (χ4v) is 2.02. The second-order valence-corrected chi connectivity index (χ2v) is 6.55. The number of aryl methyl sites for hydroxylation is 1. The van der Waals surface area contributed by atoms with Gasteiger partial charge >= 0.3 is 12.1 Å². The minimum Gasteiger partial charge on any atom is -0.444 e. The molecule has 0 radical (unpaired) electrons. The molecule has 0 atom stereocenters. The molecule has 0 fully saturated rings. The summed E-state index contributed by atoms with van der Waals surface area (Å²) in [4.78, 5) is 23.0. The predicted octanol–water partition coefficient (Wildman–Crippen LogP) is 2.83. The first-order chi connectivity index (χ1) is 11.4. The number of carbonyl (C=O) groups is 2. The van der Waals surface area contributed by atoms with Gasteiger partial charge in [-0.25, -0.2) is 9.59 Å². The molecule has 0 bridgehead atoms. The van der Waals surface area contributed by atoms with Gasteiger partial charge in [0.05, 0.1) is 0 Å². The lowest BCUT2D eigenvalue weighted by Crippen LogP contribution is -2.41. The number of hydrogen-bond donors (Lipinski definition) is 3. The van der Waals surface area contributed by atoms with Crippen LogP contribution in [0.5, 0.6) is 0 Å². The van der Waals surface area contributed by atoms with Crippen LogP contribution >= 0.6 is 0 Å². The van der Waals surface area contributed by atoms with Gasteiger partial charge in [0.15, 0.2) is 0 Å². The van der Waals surface area contributed by atoms with Gasteiger partial charge in [-0.15, -0.1) is 0 Å². The number of benzene rings is 1. The molecule has 0 spiro atoms. The van der Waals surface area contributed by atoms with Crippen molar-refractivity contribution in [3.05, 3.63) is 35.9 Å². The van der Waals surface area contributed by atoms with E-state index in [1.54, 1.807) is 20.8 Å². The molecular weight excluding hydrogens is 306 g/mol. The number of hydrogen-bond acceptors (Lipinski definition) is 3. The Kier molecular flexibility index (Phi) is 8.68. The van der Waals surface area contributed by atoms with Gasteiger partial charge in [-0.2, -0.15) is 0 Å². The Morgan fingerprint density at radius 1 is 0.917 bits per heavy atom. The van der Waals surface area contributed by atoms with E-state index in [1.807, 2.05) is 18.2 Å². The van der Waals surface area contributed by atoms with Crippen molar-refractivity contribution in [2.45, 2.75) is 45.6 Å². The van der Waals surface area contributed by atoms with E-state index >= 15 is 0 Å². The highest BCUT2D eigenvalue weighted by Crippen LogP contribution is 2.06. The molecule has 0 saturated heterocycles.